The van der Waals surface area contributed by atoms with Gasteiger partial charge in [-0.15, -0.1) is 0 Å². The first-order valence-corrected chi connectivity index (χ1v) is 12.1. The summed E-state index contributed by atoms with van der Waals surface area (Å²) >= 11 is 2.24. The van der Waals surface area contributed by atoms with E-state index >= 15 is 0 Å². The van der Waals surface area contributed by atoms with Gasteiger partial charge in [-0.25, -0.2) is 0 Å². The molecule has 168 valence electrons. The molecule has 3 aromatic heterocycles. The maximum absolute atomic E-state index is 13.7. The number of benzene rings is 1. The number of hydrogen-bond donors (Lipinski definition) is 0. The summed E-state index contributed by atoms with van der Waals surface area (Å²) in [6.07, 6.45) is 11.2. The first-order valence-electron chi connectivity index (χ1n) is 11.0. The van der Waals surface area contributed by atoms with Crippen molar-refractivity contribution in [2.75, 3.05) is 13.1 Å². The Bertz CT molecular complexity index is 1250. The van der Waals surface area contributed by atoms with Crippen LogP contribution in [0.15, 0.2) is 61.3 Å². The lowest BCUT2D eigenvalue weighted by Gasteiger charge is -2.24. The Morgan fingerprint density at radius 1 is 1.12 bits per heavy atom. The van der Waals surface area contributed by atoms with Crippen LogP contribution in [0.2, 0.25) is 0 Å². The molecule has 1 fully saturated rings. The minimum absolute atomic E-state index is 0.00424. The molecule has 0 spiro atoms. The number of amides is 1. The molecule has 4 aromatic rings. The van der Waals surface area contributed by atoms with Gasteiger partial charge in [-0.2, -0.15) is 20.1 Å². The molecule has 1 saturated carbocycles. The van der Waals surface area contributed by atoms with Crippen molar-refractivity contribution in [3.63, 3.8) is 0 Å². The average Bonchev–Trinajstić information content (AvgIpc) is 3.26. The molecule has 33 heavy (non-hydrogen) atoms. The van der Waals surface area contributed by atoms with E-state index in [1.807, 2.05) is 65.4 Å². The SMILES string of the molecule is Cc1ccc(-n2nccn2)c(C(=O)N(CCn2cc(-c3ccc(I)cn3)cn2)CC2CC2)c1. The third kappa shape index (κ3) is 5.13. The van der Waals surface area contributed by atoms with Gasteiger partial charge in [-0.1, -0.05) is 11.6 Å². The summed E-state index contributed by atoms with van der Waals surface area (Å²) in [4.78, 5) is 21.6. The highest BCUT2D eigenvalue weighted by molar-refractivity contribution is 14.1. The van der Waals surface area contributed by atoms with E-state index in [9.17, 15) is 4.79 Å². The molecule has 1 aliphatic rings. The van der Waals surface area contributed by atoms with Crippen LogP contribution in [-0.4, -0.2) is 53.7 Å². The summed E-state index contributed by atoms with van der Waals surface area (Å²) in [7, 11) is 0. The van der Waals surface area contributed by atoms with E-state index in [4.69, 9.17) is 0 Å². The Morgan fingerprint density at radius 2 is 1.94 bits per heavy atom. The number of halogens is 1. The molecule has 8 nitrogen and oxygen atoms in total. The van der Waals surface area contributed by atoms with Crippen LogP contribution in [0.25, 0.3) is 16.9 Å². The Labute approximate surface area is 205 Å². The molecule has 1 amide bonds. The number of nitrogens with zero attached hydrogens (tertiary/aromatic N) is 7. The zero-order chi connectivity index (χ0) is 22.8. The van der Waals surface area contributed by atoms with E-state index in [2.05, 4.69) is 42.9 Å². The molecular weight excluding hydrogens is 529 g/mol. The van der Waals surface area contributed by atoms with Gasteiger partial charge >= 0.3 is 0 Å². The molecule has 0 N–H and O–H groups in total. The van der Waals surface area contributed by atoms with Crippen LogP contribution in [-0.2, 0) is 6.54 Å². The second-order valence-corrected chi connectivity index (χ2v) is 9.63. The van der Waals surface area contributed by atoms with E-state index in [1.54, 1.807) is 12.4 Å². The third-order valence-corrected chi connectivity index (χ3v) is 6.37. The van der Waals surface area contributed by atoms with Gasteiger partial charge in [0.25, 0.3) is 5.91 Å². The minimum atomic E-state index is 0.00424. The minimum Gasteiger partial charge on any atom is -0.336 e. The van der Waals surface area contributed by atoms with Gasteiger partial charge in [-0.3, -0.25) is 14.5 Å². The number of hydrogen-bond acceptors (Lipinski definition) is 5. The van der Waals surface area contributed by atoms with Gasteiger partial charge in [-0.05, 0) is 72.5 Å². The van der Waals surface area contributed by atoms with Crippen LogP contribution in [0.5, 0.6) is 0 Å². The number of carbonyl (C=O) groups is 1. The molecule has 9 heteroatoms. The standard InChI is InChI=1S/C24H24IN7O/c1-17-2-7-23(32-27-8-9-28-32)21(12-17)24(33)30(15-18-3-4-18)10-11-31-16-19(13-29-31)22-6-5-20(25)14-26-22/h2,5-9,12-14,16,18H,3-4,10-11,15H2,1H3. The van der Waals surface area contributed by atoms with E-state index in [1.165, 1.54) is 17.6 Å². The quantitative estimate of drug-likeness (QED) is 0.309. The molecule has 3 heterocycles. The van der Waals surface area contributed by atoms with Crippen molar-refractivity contribution >= 4 is 28.5 Å². The highest BCUT2D eigenvalue weighted by Gasteiger charge is 2.28. The fourth-order valence-electron chi connectivity index (χ4n) is 3.78. The van der Waals surface area contributed by atoms with Gasteiger partial charge < -0.3 is 4.90 Å². The fourth-order valence-corrected chi connectivity index (χ4v) is 4.10. The van der Waals surface area contributed by atoms with Gasteiger partial charge in [0, 0.05) is 34.6 Å². The summed E-state index contributed by atoms with van der Waals surface area (Å²) in [6, 6.07) is 9.84. The van der Waals surface area contributed by atoms with Crippen molar-refractivity contribution in [3.8, 4) is 16.9 Å². The van der Waals surface area contributed by atoms with Gasteiger partial charge in [0.2, 0.25) is 0 Å². The second-order valence-electron chi connectivity index (χ2n) is 8.39. The van der Waals surface area contributed by atoms with E-state index < -0.39 is 0 Å². The van der Waals surface area contributed by atoms with Crippen LogP contribution in [0, 0.1) is 16.4 Å². The van der Waals surface area contributed by atoms with E-state index in [0.717, 1.165) is 26.9 Å². The van der Waals surface area contributed by atoms with Crippen LogP contribution >= 0.6 is 22.6 Å². The smallest absolute Gasteiger partial charge is 0.256 e. The lowest BCUT2D eigenvalue weighted by molar-refractivity contribution is 0.0739. The van der Waals surface area contributed by atoms with Gasteiger partial charge in [0.15, 0.2) is 0 Å². The van der Waals surface area contributed by atoms with Gasteiger partial charge in [0.1, 0.15) is 0 Å². The number of rotatable bonds is 8. The highest BCUT2D eigenvalue weighted by atomic mass is 127. The lowest BCUT2D eigenvalue weighted by atomic mass is 10.1. The highest BCUT2D eigenvalue weighted by Crippen LogP contribution is 2.30. The summed E-state index contributed by atoms with van der Waals surface area (Å²) in [5, 5.41) is 13.0. The Hall–Kier alpha value is -3.08. The lowest BCUT2D eigenvalue weighted by Crippen LogP contribution is -2.36. The molecular formula is C24H24IN7O. The molecule has 0 aliphatic heterocycles. The monoisotopic (exact) mass is 553 g/mol. The number of aryl methyl sites for hydroxylation is 1. The number of carbonyl (C=O) groups excluding carboxylic acids is 1. The van der Waals surface area contributed by atoms with Crippen LogP contribution < -0.4 is 0 Å². The summed E-state index contributed by atoms with van der Waals surface area (Å²) in [5.74, 6) is 0.582. The molecule has 0 saturated heterocycles. The topological polar surface area (TPSA) is 81.7 Å². The molecule has 0 bridgehead atoms. The van der Waals surface area contributed by atoms with E-state index in [-0.39, 0.29) is 5.91 Å². The third-order valence-electron chi connectivity index (χ3n) is 5.73. The normalized spacial score (nSPS) is 13.3. The fraction of sp³-hybridized carbons (Fsp3) is 0.292. The van der Waals surface area contributed by atoms with Crippen molar-refractivity contribution in [1.29, 1.82) is 0 Å². The molecule has 1 aliphatic carbocycles. The molecule has 0 atom stereocenters. The first-order chi connectivity index (χ1) is 16.1. The Morgan fingerprint density at radius 3 is 2.67 bits per heavy atom. The average molecular weight is 553 g/mol. The predicted molar refractivity (Wildman–Crippen MR) is 133 cm³/mol. The summed E-state index contributed by atoms with van der Waals surface area (Å²) in [6.45, 7) is 3.94. The molecule has 0 radical (unpaired) electrons. The second kappa shape index (κ2) is 9.42. The van der Waals surface area contributed by atoms with Gasteiger partial charge in [0.05, 0.1) is 42.1 Å². The predicted octanol–water partition coefficient (Wildman–Crippen LogP) is 3.99. The summed E-state index contributed by atoms with van der Waals surface area (Å²) < 4.78 is 2.98. The first kappa shape index (κ1) is 21.7. The van der Waals surface area contributed by atoms with Crippen LogP contribution in [0.4, 0.5) is 0 Å². The Balaban J connectivity index is 1.35. The van der Waals surface area contributed by atoms with E-state index in [0.29, 0.717) is 30.3 Å². The molecule has 0 unspecified atom stereocenters. The van der Waals surface area contributed by atoms with Crippen LogP contribution in [0.1, 0.15) is 28.8 Å². The van der Waals surface area contributed by atoms with Crippen molar-refractivity contribution in [2.45, 2.75) is 26.3 Å². The largest absolute Gasteiger partial charge is 0.336 e. The number of aromatic nitrogens is 6. The number of pyridine rings is 1. The van der Waals surface area contributed by atoms with Crippen molar-refractivity contribution in [3.05, 3.63) is 76.0 Å². The van der Waals surface area contributed by atoms with Crippen LogP contribution in [0.3, 0.4) is 0 Å². The maximum atomic E-state index is 13.7. The Kier molecular flexibility index (Phi) is 6.21. The van der Waals surface area contributed by atoms with Crippen molar-refractivity contribution in [1.82, 2.24) is 34.7 Å². The zero-order valence-electron chi connectivity index (χ0n) is 18.3. The summed E-state index contributed by atoms with van der Waals surface area (Å²) in [5.41, 5.74) is 4.21. The molecule has 5 rings (SSSR count). The zero-order valence-corrected chi connectivity index (χ0v) is 20.5. The maximum Gasteiger partial charge on any atom is 0.256 e. The van der Waals surface area contributed by atoms with Crippen molar-refractivity contribution < 1.29 is 4.79 Å². The molecule has 1 aromatic carbocycles. The van der Waals surface area contributed by atoms with Crippen molar-refractivity contribution in [2.24, 2.45) is 5.92 Å².